The molecule has 3 nitrogen and oxygen atoms in total. The van der Waals surface area contributed by atoms with E-state index in [0.717, 1.165) is 20.1 Å². The number of carboxylic acid groups (broad SMARTS) is 1. The van der Waals surface area contributed by atoms with Gasteiger partial charge in [0.2, 0.25) is 0 Å². The van der Waals surface area contributed by atoms with Crippen molar-refractivity contribution in [1.29, 1.82) is 0 Å². The van der Waals surface area contributed by atoms with Crippen molar-refractivity contribution in [2.24, 2.45) is 0 Å². The minimum Gasteiger partial charge on any atom is -0.481 e. The fourth-order valence-corrected chi connectivity index (χ4v) is 2.74. The minimum atomic E-state index is -0.869. The van der Waals surface area contributed by atoms with Gasteiger partial charge in [0.15, 0.2) is 0 Å². The fraction of sp³-hybridized carbons (Fsp3) is 0.200. The van der Waals surface area contributed by atoms with Crippen LogP contribution in [0.1, 0.15) is 22.7 Å². The number of rotatable bonds is 4. The Hall–Kier alpha value is -1.20. The lowest BCUT2D eigenvalue weighted by Crippen LogP contribution is -2.16. The van der Waals surface area contributed by atoms with Crippen molar-refractivity contribution in [2.75, 3.05) is 0 Å². The van der Waals surface area contributed by atoms with Crippen LogP contribution in [0.5, 0.6) is 0 Å². The number of benzene rings is 1. The number of aryl methyl sites for hydroxylation is 1. The van der Waals surface area contributed by atoms with Gasteiger partial charge in [-0.3, -0.25) is 9.78 Å². The molecule has 1 aromatic heterocycles. The molecule has 0 bridgehead atoms. The number of halogens is 2. The average Bonchev–Trinajstić information content (AvgIpc) is 2.41. The summed E-state index contributed by atoms with van der Waals surface area (Å²) in [4.78, 5) is 15.8. The zero-order chi connectivity index (χ0) is 14.7. The largest absolute Gasteiger partial charge is 0.481 e. The molecule has 1 unspecified atom stereocenters. The van der Waals surface area contributed by atoms with E-state index in [1.807, 2.05) is 37.3 Å². The summed E-state index contributed by atoms with van der Waals surface area (Å²) in [7, 11) is 0. The Bertz CT molecular complexity index is 626. The van der Waals surface area contributed by atoms with Crippen LogP contribution >= 0.6 is 31.9 Å². The van der Waals surface area contributed by atoms with Gasteiger partial charge in [-0.2, -0.15) is 0 Å². The predicted octanol–water partition coefficient (Wildman–Crippen LogP) is 4.33. The Morgan fingerprint density at radius 3 is 2.50 bits per heavy atom. The van der Waals surface area contributed by atoms with Gasteiger partial charge in [-0.05, 0) is 58.6 Å². The van der Waals surface area contributed by atoms with Crippen LogP contribution < -0.4 is 0 Å². The summed E-state index contributed by atoms with van der Waals surface area (Å²) in [6.07, 6.45) is 2.06. The monoisotopic (exact) mass is 397 g/mol. The van der Waals surface area contributed by atoms with Gasteiger partial charge < -0.3 is 5.11 Å². The minimum absolute atomic E-state index is 0.414. The van der Waals surface area contributed by atoms with Gasteiger partial charge in [0, 0.05) is 15.1 Å². The first-order valence-corrected chi connectivity index (χ1v) is 7.66. The fourth-order valence-electron chi connectivity index (χ4n) is 1.96. The molecule has 0 spiro atoms. The first-order chi connectivity index (χ1) is 9.49. The number of carboxylic acids is 1. The lowest BCUT2D eigenvalue weighted by atomic mass is 9.95. The Labute approximate surface area is 134 Å². The SMILES string of the molecule is Cc1ccnc(C(Cc2ccc(Br)cc2)C(=O)O)c1Br. The van der Waals surface area contributed by atoms with Crippen LogP contribution in [0.25, 0.3) is 0 Å². The lowest BCUT2D eigenvalue weighted by Gasteiger charge is -2.14. The molecule has 0 radical (unpaired) electrons. The second-order valence-corrected chi connectivity index (χ2v) is 6.26. The normalized spacial score (nSPS) is 12.2. The molecule has 0 aliphatic carbocycles. The number of nitrogens with zero attached hydrogens (tertiary/aromatic N) is 1. The topological polar surface area (TPSA) is 50.2 Å². The molecule has 0 fully saturated rings. The number of hydrogen-bond donors (Lipinski definition) is 1. The van der Waals surface area contributed by atoms with Crippen molar-refractivity contribution in [2.45, 2.75) is 19.3 Å². The maximum absolute atomic E-state index is 11.6. The van der Waals surface area contributed by atoms with E-state index >= 15 is 0 Å². The zero-order valence-corrected chi connectivity index (χ0v) is 14.0. The Morgan fingerprint density at radius 2 is 1.90 bits per heavy atom. The molecular weight excluding hydrogens is 386 g/mol. The molecule has 0 amide bonds. The van der Waals surface area contributed by atoms with Crippen molar-refractivity contribution in [1.82, 2.24) is 4.98 Å². The van der Waals surface area contributed by atoms with E-state index in [1.165, 1.54) is 0 Å². The summed E-state index contributed by atoms with van der Waals surface area (Å²) in [5.41, 5.74) is 2.52. The molecule has 2 aromatic rings. The van der Waals surface area contributed by atoms with Crippen molar-refractivity contribution < 1.29 is 9.90 Å². The molecule has 0 aliphatic heterocycles. The maximum atomic E-state index is 11.6. The Morgan fingerprint density at radius 1 is 1.25 bits per heavy atom. The van der Waals surface area contributed by atoms with E-state index in [1.54, 1.807) is 6.20 Å². The van der Waals surface area contributed by atoms with E-state index in [-0.39, 0.29) is 0 Å². The van der Waals surface area contributed by atoms with Crippen LogP contribution in [0, 0.1) is 6.92 Å². The number of aromatic nitrogens is 1. The van der Waals surface area contributed by atoms with Gasteiger partial charge in [0.05, 0.1) is 5.69 Å². The summed E-state index contributed by atoms with van der Waals surface area (Å²) in [6.45, 7) is 1.92. The summed E-state index contributed by atoms with van der Waals surface area (Å²) < 4.78 is 1.74. The quantitative estimate of drug-likeness (QED) is 0.833. The van der Waals surface area contributed by atoms with Gasteiger partial charge in [0.1, 0.15) is 5.92 Å². The first-order valence-electron chi connectivity index (χ1n) is 6.07. The van der Waals surface area contributed by atoms with Gasteiger partial charge in [-0.1, -0.05) is 28.1 Å². The van der Waals surface area contributed by atoms with Crippen molar-refractivity contribution in [3.8, 4) is 0 Å². The molecular formula is C15H13Br2NO2. The van der Waals surface area contributed by atoms with Gasteiger partial charge >= 0.3 is 5.97 Å². The molecule has 1 atom stereocenters. The highest BCUT2D eigenvalue weighted by atomic mass is 79.9. The lowest BCUT2D eigenvalue weighted by molar-refractivity contribution is -0.138. The number of aliphatic carboxylic acids is 1. The Kier molecular flexibility index (Phi) is 4.94. The molecule has 1 heterocycles. The predicted molar refractivity (Wildman–Crippen MR) is 84.9 cm³/mol. The second-order valence-electron chi connectivity index (χ2n) is 4.55. The second kappa shape index (κ2) is 6.50. The van der Waals surface area contributed by atoms with Gasteiger partial charge in [-0.15, -0.1) is 0 Å². The van der Waals surface area contributed by atoms with Crippen LogP contribution in [-0.2, 0) is 11.2 Å². The van der Waals surface area contributed by atoms with Crippen LogP contribution in [0.2, 0.25) is 0 Å². The summed E-state index contributed by atoms with van der Waals surface area (Å²) in [5, 5.41) is 9.49. The maximum Gasteiger partial charge on any atom is 0.312 e. The molecule has 104 valence electrons. The average molecular weight is 399 g/mol. The van der Waals surface area contributed by atoms with E-state index in [4.69, 9.17) is 0 Å². The standard InChI is InChI=1S/C15H13Br2NO2/c1-9-6-7-18-14(13(9)17)12(15(19)20)8-10-2-4-11(16)5-3-10/h2-7,12H,8H2,1H3,(H,19,20). The Balaban J connectivity index is 2.34. The van der Waals surface area contributed by atoms with E-state index in [9.17, 15) is 9.90 Å². The highest BCUT2D eigenvalue weighted by Crippen LogP contribution is 2.29. The smallest absolute Gasteiger partial charge is 0.312 e. The molecule has 0 aliphatic rings. The van der Waals surface area contributed by atoms with Gasteiger partial charge in [0.25, 0.3) is 0 Å². The number of pyridine rings is 1. The van der Waals surface area contributed by atoms with Crippen LogP contribution in [0.3, 0.4) is 0 Å². The molecule has 1 aromatic carbocycles. The van der Waals surface area contributed by atoms with Gasteiger partial charge in [-0.25, -0.2) is 0 Å². The third kappa shape index (κ3) is 3.46. The van der Waals surface area contributed by atoms with E-state index < -0.39 is 11.9 Å². The first kappa shape index (κ1) is 15.2. The highest BCUT2D eigenvalue weighted by molar-refractivity contribution is 9.10. The number of hydrogen-bond acceptors (Lipinski definition) is 2. The molecule has 0 saturated heterocycles. The molecule has 0 saturated carbocycles. The van der Waals surface area contributed by atoms with Crippen LogP contribution in [0.4, 0.5) is 0 Å². The third-order valence-corrected chi connectivity index (χ3v) is 4.65. The molecule has 5 heteroatoms. The van der Waals surface area contributed by atoms with Crippen LogP contribution in [-0.4, -0.2) is 16.1 Å². The third-order valence-electron chi connectivity index (χ3n) is 3.09. The summed E-state index contributed by atoms with van der Waals surface area (Å²) in [6, 6.07) is 9.51. The van der Waals surface area contributed by atoms with Crippen LogP contribution in [0.15, 0.2) is 45.5 Å². The summed E-state index contributed by atoms with van der Waals surface area (Å²) >= 11 is 6.81. The summed E-state index contributed by atoms with van der Waals surface area (Å²) in [5.74, 6) is -1.53. The van der Waals surface area contributed by atoms with Crippen molar-refractivity contribution >= 4 is 37.8 Å². The van der Waals surface area contributed by atoms with E-state index in [2.05, 4.69) is 36.8 Å². The molecule has 20 heavy (non-hydrogen) atoms. The van der Waals surface area contributed by atoms with E-state index in [0.29, 0.717) is 12.1 Å². The van der Waals surface area contributed by atoms with Crippen molar-refractivity contribution in [3.63, 3.8) is 0 Å². The molecule has 2 rings (SSSR count). The zero-order valence-electron chi connectivity index (χ0n) is 10.8. The number of carbonyl (C=O) groups is 1. The van der Waals surface area contributed by atoms with Crippen molar-refractivity contribution in [3.05, 3.63) is 62.3 Å². The highest BCUT2D eigenvalue weighted by Gasteiger charge is 2.24. The molecule has 1 N–H and O–H groups in total.